The molecule has 0 bridgehead atoms. The number of Topliss-reactive ketones (excluding diaryl/α,β-unsaturated/α-hetero) is 1. The van der Waals surface area contributed by atoms with Crippen molar-refractivity contribution in [1.82, 2.24) is 36.1 Å². The van der Waals surface area contributed by atoms with E-state index in [1.807, 2.05) is 6.92 Å². The Morgan fingerprint density at radius 1 is 0.907 bits per heavy atom. The van der Waals surface area contributed by atoms with Crippen molar-refractivity contribution in [3.8, 4) is 0 Å². The Morgan fingerprint density at radius 2 is 1.61 bits per heavy atom. The largest absolute Gasteiger partial charge is 0.346 e. The first-order valence-electron chi connectivity index (χ1n) is 20.3. The van der Waals surface area contributed by atoms with Gasteiger partial charge in [-0.1, -0.05) is 84.6 Å². The van der Waals surface area contributed by atoms with Crippen LogP contribution >= 0.6 is 0 Å². The lowest BCUT2D eigenvalue weighted by Crippen LogP contribution is -2.63. The van der Waals surface area contributed by atoms with Crippen LogP contribution in [-0.2, 0) is 24.0 Å². The van der Waals surface area contributed by atoms with Gasteiger partial charge in [0, 0.05) is 25.5 Å². The third kappa shape index (κ3) is 10.1. The number of carbonyl (C=O) groups is 6. The molecule has 13 heteroatoms. The van der Waals surface area contributed by atoms with Gasteiger partial charge < -0.3 is 26.2 Å². The van der Waals surface area contributed by atoms with Gasteiger partial charge in [-0.2, -0.15) is 0 Å². The topological polar surface area (TPSA) is 180 Å². The molecular formula is C41H61N7O6. The molecule has 1 saturated heterocycles. The van der Waals surface area contributed by atoms with E-state index >= 15 is 4.79 Å². The normalized spacial score (nSPS) is 23.3. The highest BCUT2D eigenvalue weighted by Gasteiger charge is 2.49. The summed E-state index contributed by atoms with van der Waals surface area (Å²) in [6.45, 7) is 10.2. The zero-order valence-electron chi connectivity index (χ0n) is 32.4. The molecule has 54 heavy (non-hydrogen) atoms. The molecule has 0 aromatic carbocycles. The van der Waals surface area contributed by atoms with Crippen LogP contribution in [0.5, 0.6) is 0 Å². The van der Waals surface area contributed by atoms with Gasteiger partial charge in [0.15, 0.2) is 0 Å². The van der Waals surface area contributed by atoms with E-state index in [-0.39, 0.29) is 41.8 Å². The first-order chi connectivity index (χ1) is 25.9. The lowest BCUT2D eigenvalue weighted by Gasteiger charge is -2.43. The molecule has 4 N–H and O–H groups in total. The minimum absolute atomic E-state index is 0.0122. The van der Waals surface area contributed by atoms with E-state index < -0.39 is 59.0 Å². The van der Waals surface area contributed by atoms with Crippen molar-refractivity contribution in [3.63, 3.8) is 0 Å². The number of ketones is 1. The molecule has 1 aromatic heterocycles. The monoisotopic (exact) mass is 747 g/mol. The Bertz CT molecular complexity index is 1500. The molecule has 0 spiro atoms. The Labute approximate surface area is 320 Å². The molecule has 5 rings (SSSR count). The van der Waals surface area contributed by atoms with Crippen LogP contribution in [0.2, 0.25) is 0 Å². The lowest BCUT2D eigenvalue weighted by atomic mass is 9.69. The maximum absolute atomic E-state index is 15.1. The van der Waals surface area contributed by atoms with Gasteiger partial charge in [-0.05, 0) is 67.6 Å². The van der Waals surface area contributed by atoms with Crippen molar-refractivity contribution in [2.45, 2.75) is 141 Å². The number of rotatable bonds is 16. The summed E-state index contributed by atoms with van der Waals surface area (Å²) in [7, 11) is 0. The fourth-order valence-electron chi connectivity index (χ4n) is 8.89. The molecule has 296 valence electrons. The van der Waals surface area contributed by atoms with Crippen LogP contribution in [0, 0.1) is 29.1 Å². The highest BCUT2D eigenvalue weighted by atomic mass is 16.2. The summed E-state index contributed by atoms with van der Waals surface area (Å²) >= 11 is 0. The summed E-state index contributed by atoms with van der Waals surface area (Å²) in [4.78, 5) is 93.2. The van der Waals surface area contributed by atoms with Crippen molar-refractivity contribution in [1.29, 1.82) is 0 Å². The summed E-state index contributed by atoms with van der Waals surface area (Å²) in [5.74, 6) is -2.88. The summed E-state index contributed by atoms with van der Waals surface area (Å²) in [5, 5.41) is 11.6. The number of carbonyl (C=O) groups excluding carboxylic acids is 6. The molecule has 2 heterocycles. The maximum atomic E-state index is 15.1. The molecule has 3 saturated carbocycles. The van der Waals surface area contributed by atoms with Gasteiger partial charge in [0.2, 0.25) is 23.5 Å². The predicted molar refractivity (Wildman–Crippen MR) is 204 cm³/mol. The first-order valence-corrected chi connectivity index (χ1v) is 20.3. The Kier molecular flexibility index (Phi) is 14.4. The lowest BCUT2D eigenvalue weighted by molar-refractivity contribution is -0.146. The van der Waals surface area contributed by atoms with Crippen LogP contribution in [-0.4, -0.2) is 87.4 Å². The third-order valence-electron chi connectivity index (χ3n) is 12.6. The average Bonchev–Trinajstić information content (AvgIpc) is 3.62. The number of aromatic nitrogens is 2. The van der Waals surface area contributed by atoms with Gasteiger partial charge in [0.25, 0.3) is 11.8 Å². The molecule has 3 aliphatic carbocycles. The zero-order valence-corrected chi connectivity index (χ0v) is 32.4. The molecule has 5 amide bonds. The van der Waals surface area contributed by atoms with E-state index in [0.29, 0.717) is 19.4 Å². The average molecular weight is 748 g/mol. The van der Waals surface area contributed by atoms with Gasteiger partial charge in [-0.25, -0.2) is 4.98 Å². The number of hydrogen-bond donors (Lipinski definition) is 4. The predicted octanol–water partition coefficient (Wildman–Crippen LogP) is 4.03. The van der Waals surface area contributed by atoms with Crippen molar-refractivity contribution >= 4 is 35.3 Å². The van der Waals surface area contributed by atoms with Crippen molar-refractivity contribution in [2.75, 3.05) is 13.1 Å². The van der Waals surface area contributed by atoms with Crippen LogP contribution < -0.4 is 21.3 Å². The van der Waals surface area contributed by atoms with Gasteiger partial charge in [-0.15, -0.1) is 6.58 Å². The molecule has 4 aliphatic rings. The van der Waals surface area contributed by atoms with Crippen molar-refractivity contribution in [3.05, 3.63) is 36.9 Å². The highest BCUT2D eigenvalue weighted by molar-refractivity contribution is 6.38. The summed E-state index contributed by atoms with van der Waals surface area (Å²) in [6, 6.07) is -3.71. The minimum Gasteiger partial charge on any atom is -0.346 e. The fourth-order valence-corrected chi connectivity index (χ4v) is 8.89. The van der Waals surface area contributed by atoms with Gasteiger partial charge in [0.05, 0.1) is 12.2 Å². The second-order valence-electron chi connectivity index (χ2n) is 16.8. The molecule has 13 nitrogen and oxygen atoms in total. The Morgan fingerprint density at radius 3 is 2.22 bits per heavy atom. The molecule has 1 aliphatic heterocycles. The Balaban J connectivity index is 1.42. The van der Waals surface area contributed by atoms with Crippen LogP contribution in [0.25, 0.3) is 0 Å². The maximum Gasteiger partial charge on any atom is 0.289 e. The highest BCUT2D eigenvalue weighted by Crippen LogP contribution is 2.41. The SMILES string of the molecule is C=CCNC(=O)C(=O)C(CC1CCC1)NC(=O)[C@@H]1C[C@@H](C(C)C)CN1C(=O)[C@@H](NC(=O)[C@@H](NC(=O)c1cnccn1)C1CCCCC1)C1(C)CCCCC1. The van der Waals surface area contributed by atoms with E-state index in [2.05, 4.69) is 51.7 Å². The van der Waals surface area contributed by atoms with E-state index in [1.165, 1.54) is 24.7 Å². The zero-order chi connectivity index (χ0) is 38.8. The minimum atomic E-state index is -1.01. The summed E-state index contributed by atoms with van der Waals surface area (Å²) in [5.41, 5.74) is -0.476. The van der Waals surface area contributed by atoms with Crippen LogP contribution in [0.1, 0.15) is 128 Å². The third-order valence-corrected chi connectivity index (χ3v) is 12.6. The van der Waals surface area contributed by atoms with Crippen LogP contribution in [0.15, 0.2) is 31.2 Å². The second-order valence-corrected chi connectivity index (χ2v) is 16.8. The number of hydrogen-bond acceptors (Lipinski definition) is 8. The number of nitrogens with zero attached hydrogens (tertiary/aromatic N) is 3. The fraction of sp³-hybridized carbons (Fsp3) is 0.707. The quantitative estimate of drug-likeness (QED) is 0.145. The molecule has 1 aromatic rings. The molecule has 0 radical (unpaired) electrons. The summed E-state index contributed by atoms with van der Waals surface area (Å²) in [6.07, 6.45) is 18.2. The van der Waals surface area contributed by atoms with E-state index in [9.17, 15) is 24.0 Å². The first kappa shape index (κ1) is 41.0. The second kappa shape index (κ2) is 18.9. The number of nitrogens with one attached hydrogen (secondary N) is 4. The number of amides is 5. The van der Waals surface area contributed by atoms with E-state index in [4.69, 9.17) is 0 Å². The number of likely N-dealkylation sites (tertiary alicyclic amines) is 1. The molecule has 4 fully saturated rings. The standard InChI is InChI=1S/C41H61N7O6/c1-5-19-44-39(53)34(49)30(22-27-13-12-14-27)45-37(51)32-23-29(26(2)3)25-48(32)40(54)35(41(4)17-10-7-11-18-41)47-38(52)33(28-15-8-6-9-16-28)46-36(50)31-24-42-20-21-43-31/h5,20-21,24,26-30,32-33,35H,1,6-19,22-23,25H2,2-4H3,(H,44,53)(H,45,51)(H,46,50)(H,47,52)/t29-,30?,32+,33+,35-/m1/s1. The van der Waals surface area contributed by atoms with E-state index in [0.717, 1.165) is 83.5 Å². The van der Waals surface area contributed by atoms with Crippen LogP contribution in [0.4, 0.5) is 0 Å². The van der Waals surface area contributed by atoms with Crippen molar-refractivity contribution in [2.24, 2.45) is 29.1 Å². The summed E-state index contributed by atoms with van der Waals surface area (Å²) < 4.78 is 0. The van der Waals surface area contributed by atoms with Gasteiger partial charge in [-0.3, -0.25) is 33.8 Å². The van der Waals surface area contributed by atoms with E-state index in [1.54, 1.807) is 4.90 Å². The van der Waals surface area contributed by atoms with Crippen LogP contribution in [0.3, 0.4) is 0 Å². The molecule has 5 atom stereocenters. The van der Waals surface area contributed by atoms with Gasteiger partial charge >= 0.3 is 0 Å². The van der Waals surface area contributed by atoms with Gasteiger partial charge in [0.1, 0.15) is 23.8 Å². The van der Waals surface area contributed by atoms with Crippen molar-refractivity contribution < 1.29 is 28.8 Å². The molecule has 1 unspecified atom stereocenters. The smallest absolute Gasteiger partial charge is 0.289 e. The Hall–Kier alpha value is -4.16. The molecular weight excluding hydrogens is 686 g/mol.